The molecule has 0 spiro atoms. The minimum absolute atomic E-state index is 0.121. The lowest BCUT2D eigenvalue weighted by atomic mass is 10.1. The zero-order valence-corrected chi connectivity index (χ0v) is 12.2. The average Bonchev–Trinajstić information content (AvgIpc) is 2.42. The summed E-state index contributed by atoms with van der Waals surface area (Å²) in [7, 11) is 0. The van der Waals surface area contributed by atoms with E-state index in [0.29, 0.717) is 12.1 Å². The van der Waals surface area contributed by atoms with Gasteiger partial charge in [0.15, 0.2) is 0 Å². The molecule has 98 valence electrons. The quantitative estimate of drug-likeness (QED) is 0.910. The predicted octanol–water partition coefficient (Wildman–Crippen LogP) is 3.47. The highest BCUT2D eigenvalue weighted by molar-refractivity contribution is 9.10. The molecule has 0 saturated heterocycles. The number of nitrogens with one attached hydrogen (secondary N) is 1. The van der Waals surface area contributed by atoms with Crippen molar-refractivity contribution in [2.24, 2.45) is 5.73 Å². The van der Waals surface area contributed by atoms with Gasteiger partial charge in [0.05, 0.1) is 0 Å². The van der Waals surface area contributed by atoms with Gasteiger partial charge in [0, 0.05) is 22.3 Å². The number of carbonyl (C=O) groups excluding carboxylic acids is 1. The van der Waals surface area contributed by atoms with Crippen LogP contribution < -0.4 is 11.1 Å². The molecular weight excluding hydrogens is 304 g/mol. The smallest absolute Gasteiger partial charge is 0.255 e. The van der Waals surface area contributed by atoms with Gasteiger partial charge in [-0.3, -0.25) is 4.79 Å². The van der Waals surface area contributed by atoms with Gasteiger partial charge in [-0.2, -0.15) is 0 Å². The number of amides is 1. The van der Waals surface area contributed by atoms with Gasteiger partial charge in [-0.05, 0) is 48.4 Å². The summed E-state index contributed by atoms with van der Waals surface area (Å²) in [5.74, 6) is -0.121. The van der Waals surface area contributed by atoms with E-state index in [9.17, 15) is 4.79 Å². The molecule has 0 aliphatic rings. The lowest BCUT2D eigenvalue weighted by Gasteiger charge is -2.08. The highest BCUT2D eigenvalue weighted by Gasteiger charge is 2.07. The predicted molar refractivity (Wildman–Crippen MR) is 81.2 cm³/mol. The molecule has 3 nitrogen and oxygen atoms in total. The van der Waals surface area contributed by atoms with Crippen LogP contribution in [-0.2, 0) is 6.54 Å². The largest absolute Gasteiger partial charge is 0.326 e. The van der Waals surface area contributed by atoms with Crippen LogP contribution in [0.4, 0.5) is 5.69 Å². The van der Waals surface area contributed by atoms with Gasteiger partial charge in [0.1, 0.15) is 0 Å². The van der Waals surface area contributed by atoms with Crippen molar-refractivity contribution in [1.29, 1.82) is 0 Å². The summed E-state index contributed by atoms with van der Waals surface area (Å²) in [6.07, 6.45) is 0. The summed E-state index contributed by atoms with van der Waals surface area (Å²) in [5.41, 5.74) is 9.00. The van der Waals surface area contributed by atoms with E-state index in [0.717, 1.165) is 21.3 Å². The second kappa shape index (κ2) is 5.99. The summed E-state index contributed by atoms with van der Waals surface area (Å²) in [6, 6.07) is 13.1. The second-order valence-corrected chi connectivity index (χ2v) is 5.18. The third kappa shape index (κ3) is 3.43. The van der Waals surface area contributed by atoms with Gasteiger partial charge in [-0.1, -0.05) is 28.1 Å². The molecule has 0 fully saturated rings. The first kappa shape index (κ1) is 13.8. The Bertz CT molecular complexity index is 611. The third-order valence-corrected chi connectivity index (χ3v) is 3.73. The Labute approximate surface area is 121 Å². The van der Waals surface area contributed by atoms with E-state index in [-0.39, 0.29) is 5.91 Å². The van der Waals surface area contributed by atoms with Crippen molar-refractivity contribution in [1.82, 2.24) is 0 Å². The molecule has 0 heterocycles. The Hall–Kier alpha value is -1.65. The van der Waals surface area contributed by atoms with Crippen LogP contribution in [0.3, 0.4) is 0 Å². The van der Waals surface area contributed by atoms with E-state index < -0.39 is 0 Å². The first-order valence-corrected chi connectivity index (χ1v) is 6.76. The molecule has 0 aliphatic carbocycles. The monoisotopic (exact) mass is 318 g/mol. The molecule has 0 unspecified atom stereocenters. The van der Waals surface area contributed by atoms with Crippen molar-refractivity contribution in [3.8, 4) is 0 Å². The van der Waals surface area contributed by atoms with E-state index >= 15 is 0 Å². The van der Waals surface area contributed by atoms with Crippen LogP contribution in [0, 0.1) is 6.92 Å². The standard InChI is InChI=1S/C15H15BrN2O/c1-10-7-12(5-6-14(10)16)15(19)18-13-4-2-3-11(8-13)9-17/h2-8H,9,17H2,1H3,(H,18,19). The summed E-state index contributed by atoms with van der Waals surface area (Å²) in [5, 5.41) is 2.87. The molecule has 0 saturated carbocycles. The van der Waals surface area contributed by atoms with Crippen molar-refractivity contribution < 1.29 is 4.79 Å². The van der Waals surface area contributed by atoms with E-state index in [1.54, 1.807) is 6.07 Å². The normalized spacial score (nSPS) is 10.3. The zero-order chi connectivity index (χ0) is 13.8. The molecule has 0 aliphatic heterocycles. The summed E-state index contributed by atoms with van der Waals surface area (Å²) >= 11 is 3.42. The fraction of sp³-hybridized carbons (Fsp3) is 0.133. The maximum Gasteiger partial charge on any atom is 0.255 e. The molecule has 1 amide bonds. The summed E-state index contributed by atoms with van der Waals surface area (Å²) in [4.78, 5) is 12.1. The Morgan fingerprint density at radius 3 is 2.74 bits per heavy atom. The zero-order valence-electron chi connectivity index (χ0n) is 10.6. The van der Waals surface area contributed by atoms with Gasteiger partial charge < -0.3 is 11.1 Å². The molecule has 4 heteroatoms. The first-order chi connectivity index (χ1) is 9.10. The van der Waals surface area contributed by atoms with E-state index in [4.69, 9.17) is 5.73 Å². The lowest BCUT2D eigenvalue weighted by molar-refractivity contribution is 0.102. The number of nitrogens with two attached hydrogens (primary N) is 1. The highest BCUT2D eigenvalue weighted by atomic mass is 79.9. The van der Waals surface area contributed by atoms with Crippen LogP contribution in [-0.4, -0.2) is 5.91 Å². The van der Waals surface area contributed by atoms with E-state index in [2.05, 4.69) is 21.2 Å². The Kier molecular flexibility index (Phi) is 4.35. The molecule has 19 heavy (non-hydrogen) atoms. The number of benzene rings is 2. The van der Waals surface area contributed by atoms with Gasteiger partial charge in [-0.15, -0.1) is 0 Å². The molecule has 0 bridgehead atoms. The number of anilines is 1. The van der Waals surface area contributed by atoms with Gasteiger partial charge >= 0.3 is 0 Å². The maximum absolute atomic E-state index is 12.1. The SMILES string of the molecule is Cc1cc(C(=O)Nc2cccc(CN)c2)ccc1Br. The molecule has 2 aromatic rings. The molecule has 2 aromatic carbocycles. The van der Waals surface area contributed by atoms with Crippen molar-refractivity contribution >= 4 is 27.5 Å². The molecule has 0 atom stereocenters. The van der Waals surface area contributed by atoms with Crippen LogP contribution in [0.1, 0.15) is 21.5 Å². The van der Waals surface area contributed by atoms with Crippen LogP contribution >= 0.6 is 15.9 Å². The molecule has 0 radical (unpaired) electrons. The van der Waals surface area contributed by atoms with Crippen LogP contribution in [0.15, 0.2) is 46.9 Å². The minimum atomic E-state index is -0.121. The fourth-order valence-corrected chi connectivity index (χ4v) is 2.01. The average molecular weight is 319 g/mol. The van der Waals surface area contributed by atoms with Crippen molar-refractivity contribution in [2.75, 3.05) is 5.32 Å². The number of halogens is 1. The molecule has 0 aromatic heterocycles. The van der Waals surface area contributed by atoms with Gasteiger partial charge in [-0.25, -0.2) is 0 Å². The minimum Gasteiger partial charge on any atom is -0.326 e. The van der Waals surface area contributed by atoms with E-state index in [1.807, 2.05) is 43.3 Å². The third-order valence-electron chi connectivity index (χ3n) is 2.84. The van der Waals surface area contributed by atoms with Crippen LogP contribution in [0.2, 0.25) is 0 Å². The number of carbonyl (C=O) groups is 1. The second-order valence-electron chi connectivity index (χ2n) is 4.32. The Morgan fingerprint density at radius 2 is 2.05 bits per heavy atom. The topological polar surface area (TPSA) is 55.1 Å². The Balaban J connectivity index is 2.18. The van der Waals surface area contributed by atoms with E-state index in [1.165, 1.54) is 0 Å². The number of rotatable bonds is 3. The molecular formula is C15H15BrN2O. The van der Waals surface area contributed by atoms with Crippen molar-refractivity contribution in [3.05, 3.63) is 63.6 Å². The van der Waals surface area contributed by atoms with Gasteiger partial charge in [0.25, 0.3) is 5.91 Å². The van der Waals surface area contributed by atoms with Crippen molar-refractivity contribution in [2.45, 2.75) is 13.5 Å². The highest BCUT2D eigenvalue weighted by Crippen LogP contribution is 2.18. The number of aryl methyl sites for hydroxylation is 1. The van der Waals surface area contributed by atoms with Crippen molar-refractivity contribution in [3.63, 3.8) is 0 Å². The summed E-state index contributed by atoms with van der Waals surface area (Å²) in [6.45, 7) is 2.41. The first-order valence-electron chi connectivity index (χ1n) is 5.96. The van der Waals surface area contributed by atoms with Crippen LogP contribution in [0.5, 0.6) is 0 Å². The maximum atomic E-state index is 12.1. The fourth-order valence-electron chi connectivity index (χ4n) is 1.77. The lowest BCUT2D eigenvalue weighted by Crippen LogP contribution is -2.12. The number of hydrogen-bond acceptors (Lipinski definition) is 2. The van der Waals surface area contributed by atoms with Crippen LogP contribution in [0.25, 0.3) is 0 Å². The molecule has 3 N–H and O–H groups in total. The number of hydrogen-bond donors (Lipinski definition) is 2. The molecule has 2 rings (SSSR count). The Morgan fingerprint density at radius 1 is 1.26 bits per heavy atom. The summed E-state index contributed by atoms with van der Waals surface area (Å²) < 4.78 is 0.995. The van der Waals surface area contributed by atoms with Gasteiger partial charge in [0.2, 0.25) is 0 Å².